The summed E-state index contributed by atoms with van der Waals surface area (Å²) in [7, 11) is 1.40. The standard InChI is InChI=1S/C27H39N3O5.C16H21N3O3/c1-4-5-14-34-26(32)21-6-10-29(11-7-21)22-8-12-30(13-9-22)25(31)19(3)16-20-15-18(2)24-23(17-20)35-27(33)28-24;1-22-16(21)18-9-7-13(8-10-18)19-11-6-12-4-2-3-5-14(12)17-15(19)20/h15,17,19,21-22H,4-14,16H2,1-3H3,(H,28,33);2-5,13H,6-11H2,1H3,(H,17,20)/t19-;/m1./s1. The molecule has 2 N–H and O–H groups in total. The molecule has 57 heavy (non-hydrogen) atoms. The van der Waals surface area contributed by atoms with Crippen LogP contribution in [0.3, 0.4) is 0 Å². The van der Waals surface area contributed by atoms with Crippen LogP contribution in [0, 0.1) is 18.8 Å². The molecule has 3 saturated heterocycles. The molecule has 3 aromatic rings. The van der Waals surface area contributed by atoms with Gasteiger partial charge in [0.2, 0.25) is 5.91 Å². The van der Waals surface area contributed by atoms with Gasteiger partial charge in [0.05, 0.1) is 25.2 Å². The number of piperidine rings is 3. The summed E-state index contributed by atoms with van der Waals surface area (Å²) in [6.07, 6.45) is 8.42. The van der Waals surface area contributed by atoms with E-state index in [2.05, 4.69) is 28.2 Å². The molecule has 14 heteroatoms. The molecule has 5 heterocycles. The van der Waals surface area contributed by atoms with Crippen LogP contribution >= 0.6 is 0 Å². The highest BCUT2D eigenvalue weighted by molar-refractivity contribution is 5.91. The first-order chi connectivity index (χ1) is 27.5. The van der Waals surface area contributed by atoms with Crippen molar-refractivity contribution in [2.45, 2.75) is 97.1 Å². The Labute approximate surface area is 335 Å². The van der Waals surface area contributed by atoms with Gasteiger partial charge >= 0.3 is 23.8 Å². The van der Waals surface area contributed by atoms with E-state index in [-0.39, 0.29) is 41.9 Å². The van der Waals surface area contributed by atoms with Crippen molar-refractivity contribution in [2.75, 3.05) is 64.8 Å². The first kappa shape index (κ1) is 41.8. The Morgan fingerprint density at radius 1 is 0.895 bits per heavy atom. The lowest BCUT2D eigenvalue weighted by Crippen LogP contribution is -2.50. The van der Waals surface area contributed by atoms with Gasteiger partial charge < -0.3 is 38.8 Å². The zero-order chi connectivity index (χ0) is 40.5. The van der Waals surface area contributed by atoms with Gasteiger partial charge in [0, 0.05) is 56.4 Å². The second-order valence-corrected chi connectivity index (χ2v) is 16.0. The molecule has 0 spiro atoms. The van der Waals surface area contributed by atoms with E-state index >= 15 is 0 Å². The molecule has 0 unspecified atom stereocenters. The average molecular weight is 789 g/mol. The van der Waals surface area contributed by atoms with Gasteiger partial charge in [-0.3, -0.25) is 14.6 Å². The number of likely N-dealkylation sites (tertiary alicyclic amines) is 3. The molecule has 3 fully saturated rings. The predicted octanol–water partition coefficient (Wildman–Crippen LogP) is 5.96. The first-order valence-electron chi connectivity index (χ1n) is 20.8. The lowest BCUT2D eigenvalue weighted by Gasteiger charge is -2.41. The number of rotatable bonds is 9. The van der Waals surface area contributed by atoms with Crippen molar-refractivity contribution in [3.63, 3.8) is 0 Å². The second-order valence-electron chi connectivity index (χ2n) is 16.0. The molecule has 14 nitrogen and oxygen atoms in total. The van der Waals surface area contributed by atoms with Gasteiger partial charge in [-0.25, -0.2) is 14.4 Å². The molecular formula is C43H60N6O8. The lowest BCUT2D eigenvalue weighted by molar-refractivity contribution is -0.150. The van der Waals surface area contributed by atoms with Gasteiger partial charge in [0.1, 0.15) is 0 Å². The average Bonchev–Trinajstić information content (AvgIpc) is 3.53. The fraction of sp³-hybridized carbons (Fsp3) is 0.605. The van der Waals surface area contributed by atoms with E-state index in [1.165, 1.54) is 12.7 Å². The van der Waals surface area contributed by atoms with Crippen LogP contribution in [-0.2, 0) is 31.9 Å². The van der Waals surface area contributed by atoms with E-state index < -0.39 is 5.76 Å². The summed E-state index contributed by atoms with van der Waals surface area (Å²) in [4.78, 5) is 71.7. The van der Waals surface area contributed by atoms with Crippen LogP contribution < -0.4 is 11.1 Å². The van der Waals surface area contributed by atoms with E-state index in [0.29, 0.717) is 44.3 Å². The fourth-order valence-electron chi connectivity index (χ4n) is 8.78. The maximum absolute atomic E-state index is 13.1. The van der Waals surface area contributed by atoms with E-state index in [1.807, 2.05) is 54.0 Å². The number of para-hydroxylation sites is 1. The molecule has 0 saturated carbocycles. The molecule has 1 atom stereocenters. The van der Waals surface area contributed by atoms with Crippen molar-refractivity contribution >= 4 is 40.8 Å². The SMILES string of the molecule is CCCCOC(=O)C1CCN(C2CCN(C(=O)[C@H](C)Cc3cc(C)c4[nH]c(=O)oc4c3)CC2)CC1.COC(=O)N1CCC(N2CCc3ccccc3NC2=O)CC1. The first-order valence-corrected chi connectivity index (χ1v) is 20.8. The van der Waals surface area contributed by atoms with Gasteiger partial charge in [0.25, 0.3) is 0 Å². The summed E-state index contributed by atoms with van der Waals surface area (Å²) in [5.74, 6) is -0.398. The Balaban J connectivity index is 0.000000214. The number of fused-ring (bicyclic) bond motifs is 2. The number of nitrogens with one attached hydrogen (secondary N) is 2. The van der Waals surface area contributed by atoms with Crippen molar-refractivity contribution in [3.05, 3.63) is 63.6 Å². The van der Waals surface area contributed by atoms with Crippen LogP contribution in [-0.4, -0.2) is 120 Å². The summed E-state index contributed by atoms with van der Waals surface area (Å²) in [5, 5.41) is 3.00. The number of anilines is 1. The summed E-state index contributed by atoms with van der Waals surface area (Å²) >= 11 is 0. The number of aryl methyl sites for hydroxylation is 1. The number of carbonyl (C=O) groups excluding carboxylic acids is 4. The topological polar surface area (TPSA) is 158 Å². The number of amides is 4. The summed E-state index contributed by atoms with van der Waals surface area (Å²) < 4.78 is 15.4. The minimum absolute atomic E-state index is 0.0273. The highest BCUT2D eigenvalue weighted by atomic mass is 16.5. The zero-order valence-electron chi connectivity index (χ0n) is 34.1. The number of methoxy groups -OCH3 is 1. The number of unbranched alkanes of at least 4 members (excludes halogenated alkanes) is 1. The van der Waals surface area contributed by atoms with Crippen molar-refractivity contribution in [1.29, 1.82) is 0 Å². The molecule has 7 rings (SSSR count). The minimum atomic E-state index is -0.455. The van der Waals surface area contributed by atoms with E-state index in [4.69, 9.17) is 13.9 Å². The van der Waals surface area contributed by atoms with E-state index in [0.717, 1.165) is 106 Å². The number of carbonyl (C=O) groups is 4. The largest absolute Gasteiger partial charge is 0.465 e. The van der Waals surface area contributed by atoms with Crippen molar-refractivity contribution in [2.24, 2.45) is 11.8 Å². The zero-order valence-corrected chi connectivity index (χ0v) is 34.1. The number of ether oxygens (including phenoxy) is 2. The number of hydrogen-bond donors (Lipinski definition) is 2. The lowest BCUT2D eigenvalue weighted by atomic mass is 9.92. The van der Waals surface area contributed by atoms with Crippen molar-refractivity contribution in [3.8, 4) is 0 Å². The highest BCUT2D eigenvalue weighted by Crippen LogP contribution is 2.28. The summed E-state index contributed by atoms with van der Waals surface area (Å²) in [5.41, 5.74) is 5.29. The van der Waals surface area contributed by atoms with Gasteiger partial charge in [-0.2, -0.15) is 0 Å². The van der Waals surface area contributed by atoms with Crippen LogP contribution in [0.4, 0.5) is 15.3 Å². The highest BCUT2D eigenvalue weighted by Gasteiger charge is 2.34. The number of aromatic amines is 1. The second kappa shape index (κ2) is 19.5. The Kier molecular flexibility index (Phi) is 14.3. The maximum atomic E-state index is 13.1. The van der Waals surface area contributed by atoms with Crippen LogP contribution in [0.1, 0.15) is 81.9 Å². The van der Waals surface area contributed by atoms with Gasteiger partial charge in [0.15, 0.2) is 5.58 Å². The molecule has 0 radical (unpaired) electrons. The number of hydrogen-bond acceptors (Lipinski definition) is 9. The number of aromatic nitrogens is 1. The van der Waals surface area contributed by atoms with Crippen molar-refractivity contribution < 1.29 is 33.1 Å². The molecule has 0 bridgehead atoms. The predicted molar refractivity (Wildman–Crippen MR) is 217 cm³/mol. The molecular weight excluding hydrogens is 729 g/mol. The molecule has 1 aromatic heterocycles. The number of urea groups is 1. The van der Waals surface area contributed by atoms with Crippen LogP contribution in [0.5, 0.6) is 0 Å². The number of H-pyrrole nitrogens is 1. The molecule has 0 aliphatic carbocycles. The van der Waals surface area contributed by atoms with Gasteiger partial charge in [-0.05, 0) is 107 Å². The maximum Gasteiger partial charge on any atom is 0.417 e. The number of esters is 1. The number of nitrogens with zero attached hydrogens (tertiary/aromatic N) is 4. The quantitative estimate of drug-likeness (QED) is 0.197. The monoisotopic (exact) mass is 788 g/mol. The Hall–Kier alpha value is -4.85. The smallest absolute Gasteiger partial charge is 0.417 e. The van der Waals surface area contributed by atoms with E-state index in [1.54, 1.807) is 4.90 Å². The minimum Gasteiger partial charge on any atom is -0.465 e. The molecule has 4 aliphatic heterocycles. The third-order valence-electron chi connectivity index (χ3n) is 12.1. The normalized spacial score (nSPS) is 19.2. The number of oxazole rings is 1. The molecule has 4 amide bonds. The third-order valence-corrected chi connectivity index (χ3v) is 12.1. The van der Waals surface area contributed by atoms with Crippen LogP contribution in [0.25, 0.3) is 11.1 Å². The van der Waals surface area contributed by atoms with Crippen molar-refractivity contribution in [1.82, 2.24) is 24.6 Å². The fourth-order valence-corrected chi connectivity index (χ4v) is 8.78. The number of benzene rings is 2. The molecule has 310 valence electrons. The molecule has 4 aliphatic rings. The van der Waals surface area contributed by atoms with Crippen LogP contribution in [0.2, 0.25) is 0 Å². The van der Waals surface area contributed by atoms with E-state index in [9.17, 15) is 24.0 Å². The third kappa shape index (κ3) is 10.6. The van der Waals surface area contributed by atoms with Gasteiger partial charge in [-0.1, -0.05) is 44.5 Å². The Morgan fingerprint density at radius 2 is 1.58 bits per heavy atom. The summed E-state index contributed by atoms with van der Waals surface area (Å²) in [6.45, 7) is 11.9. The Morgan fingerprint density at radius 3 is 2.28 bits per heavy atom. The Bertz CT molecular complexity index is 1900. The van der Waals surface area contributed by atoms with Crippen LogP contribution in [0.15, 0.2) is 45.6 Å². The summed E-state index contributed by atoms with van der Waals surface area (Å²) in [6, 6.07) is 12.4. The van der Waals surface area contributed by atoms with Gasteiger partial charge in [-0.15, -0.1) is 0 Å². The molecule has 2 aromatic carbocycles.